The van der Waals surface area contributed by atoms with Gasteiger partial charge in [-0.3, -0.25) is 0 Å². The number of thiocarbonyl (C=S) groups is 1. The highest BCUT2D eigenvalue weighted by atomic mass is 32.1. The van der Waals surface area contributed by atoms with E-state index in [2.05, 4.69) is 27.7 Å². The summed E-state index contributed by atoms with van der Waals surface area (Å²) in [6.45, 7) is 3.69. The Bertz CT molecular complexity index is 610. The van der Waals surface area contributed by atoms with E-state index in [4.69, 9.17) is 17.0 Å². The lowest BCUT2D eigenvalue weighted by Gasteiger charge is -2.27. The van der Waals surface area contributed by atoms with Crippen LogP contribution < -0.4 is 10.1 Å². The SMILES string of the molecule is CCOc1ccc(NC(=S)N2CCC[C@H]2c2cccs2)cc1. The Hall–Kier alpha value is -1.59. The van der Waals surface area contributed by atoms with E-state index in [1.807, 2.05) is 42.5 Å². The molecule has 1 saturated heterocycles. The van der Waals surface area contributed by atoms with E-state index < -0.39 is 0 Å². The summed E-state index contributed by atoms with van der Waals surface area (Å²) >= 11 is 7.43. The lowest BCUT2D eigenvalue weighted by atomic mass is 10.2. The van der Waals surface area contributed by atoms with Crippen LogP contribution in [0.1, 0.15) is 30.7 Å². The summed E-state index contributed by atoms with van der Waals surface area (Å²) in [4.78, 5) is 3.70. The van der Waals surface area contributed by atoms with E-state index in [0.29, 0.717) is 12.6 Å². The fourth-order valence-corrected chi connectivity index (χ4v) is 3.99. The molecule has 0 radical (unpaired) electrons. The predicted molar refractivity (Wildman–Crippen MR) is 96.8 cm³/mol. The Morgan fingerprint density at radius 1 is 1.36 bits per heavy atom. The summed E-state index contributed by atoms with van der Waals surface area (Å²) in [6, 6.07) is 12.7. The predicted octanol–water partition coefficient (Wildman–Crippen LogP) is 4.68. The number of rotatable bonds is 4. The van der Waals surface area contributed by atoms with Gasteiger partial charge in [0.25, 0.3) is 0 Å². The van der Waals surface area contributed by atoms with Gasteiger partial charge >= 0.3 is 0 Å². The number of nitrogens with zero attached hydrogens (tertiary/aromatic N) is 1. The second-order valence-electron chi connectivity index (χ2n) is 5.25. The molecule has 0 amide bonds. The van der Waals surface area contributed by atoms with Gasteiger partial charge in [0.2, 0.25) is 0 Å². The first-order valence-corrected chi connectivity index (χ1v) is 8.90. The van der Waals surface area contributed by atoms with Crippen LogP contribution in [0.3, 0.4) is 0 Å². The van der Waals surface area contributed by atoms with E-state index in [-0.39, 0.29) is 0 Å². The third-order valence-electron chi connectivity index (χ3n) is 3.80. The highest BCUT2D eigenvalue weighted by Crippen LogP contribution is 2.34. The average Bonchev–Trinajstić information content (AvgIpc) is 3.20. The molecule has 22 heavy (non-hydrogen) atoms. The number of thiophene rings is 1. The van der Waals surface area contributed by atoms with Crippen molar-refractivity contribution in [1.29, 1.82) is 0 Å². The molecule has 1 fully saturated rings. The van der Waals surface area contributed by atoms with Crippen molar-refractivity contribution < 1.29 is 4.74 Å². The van der Waals surface area contributed by atoms with Gasteiger partial charge in [-0.15, -0.1) is 11.3 Å². The number of likely N-dealkylation sites (tertiary alicyclic amines) is 1. The summed E-state index contributed by atoms with van der Waals surface area (Å²) in [6.07, 6.45) is 2.36. The largest absolute Gasteiger partial charge is 0.494 e. The van der Waals surface area contributed by atoms with Crippen molar-refractivity contribution in [2.45, 2.75) is 25.8 Å². The second-order valence-corrected chi connectivity index (χ2v) is 6.62. The van der Waals surface area contributed by atoms with E-state index in [1.54, 1.807) is 0 Å². The molecule has 1 atom stereocenters. The molecule has 1 aliphatic heterocycles. The number of anilines is 1. The quantitative estimate of drug-likeness (QED) is 0.822. The summed E-state index contributed by atoms with van der Waals surface area (Å²) in [5.74, 6) is 0.886. The van der Waals surface area contributed by atoms with Gasteiger partial charge in [-0.25, -0.2) is 0 Å². The van der Waals surface area contributed by atoms with Crippen molar-refractivity contribution >= 4 is 34.4 Å². The Morgan fingerprint density at radius 3 is 2.86 bits per heavy atom. The molecule has 0 unspecified atom stereocenters. The Labute approximate surface area is 140 Å². The molecule has 116 valence electrons. The van der Waals surface area contributed by atoms with Crippen molar-refractivity contribution in [3.63, 3.8) is 0 Å². The van der Waals surface area contributed by atoms with Gasteiger partial charge in [0.05, 0.1) is 12.6 Å². The van der Waals surface area contributed by atoms with Crippen molar-refractivity contribution in [3.05, 3.63) is 46.7 Å². The number of hydrogen-bond acceptors (Lipinski definition) is 3. The molecule has 1 aromatic heterocycles. The molecule has 2 heterocycles. The minimum Gasteiger partial charge on any atom is -0.494 e. The normalized spacial score (nSPS) is 17.5. The second kappa shape index (κ2) is 7.11. The minimum atomic E-state index is 0.419. The van der Waals surface area contributed by atoms with E-state index >= 15 is 0 Å². The zero-order valence-corrected chi connectivity index (χ0v) is 14.3. The molecule has 0 saturated carbocycles. The smallest absolute Gasteiger partial charge is 0.173 e. The topological polar surface area (TPSA) is 24.5 Å². The van der Waals surface area contributed by atoms with Crippen LogP contribution in [-0.2, 0) is 0 Å². The Kier molecular flexibility index (Phi) is 4.95. The Balaban J connectivity index is 1.66. The average molecular weight is 332 g/mol. The highest BCUT2D eigenvalue weighted by Gasteiger charge is 2.28. The molecule has 5 heteroatoms. The Morgan fingerprint density at radius 2 is 2.18 bits per heavy atom. The molecule has 1 aliphatic rings. The van der Waals surface area contributed by atoms with Gasteiger partial charge in [-0.1, -0.05) is 6.07 Å². The standard InChI is InChI=1S/C17H20N2OS2/c1-2-20-14-9-7-13(8-10-14)18-17(21)19-11-3-5-15(19)16-6-4-12-22-16/h4,6-10,12,15H,2-3,5,11H2,1H3,(H,18,21)/t15-/m0/s1. The number of nitrogens with one attached hydrogen (secondary N) is 1. The maximum absolute atomic E-state index is 5.62. The van der Waals surface area contributed by atoms with Crippen LogP contribution in [0.4, 0.5) is 5.69 Å². The van der Waals surface area contributed by atoms with Crippen LogP contribution in [0.5, 0.6) is 5.75 Å². The molecular weight excluding hydrogens is 312 g/mol. The van der Waals surface area contributed by atoms with Gasteiger partial charge < -0.3 is 15.0 Å². The highest BCUT2D eigenvalue weighted by molar-refractivity contribution is 7.80. The van der Waals surface area contributed by atoms with Gasteiger partial charge in [0.15, 0.2) is 5.11 Å². The summed E-state index contributed by atoms with van der Waals surface area (Å²) in [5, 5.41) is 6.29. The molecule has 0 bridgehead atoms. The van der Waals surface area contributed by atoms with Gasteiger partial charge in [0.1, 0.15) is 5.75 Å². The number of ether oxygens (including phenoxy) is 1. The van der Waals surface area contributed by atoms with Crippen LogP contribution in [0, 0.1) is 0 Å². The molecule has 0 aliphatic carbocycles. The van der Waals surface area contributed by atoms with E-state index in [0.717, 1.165) is 23.1 Å². The van der Waals surface area contributed by atoms with Crippen molar-refractivity contribution in [1.82, 2.24) is 4.90 Å². The fraction of sp³-hybridized carbons (Fsp3) is 0.353. The maximum Gasteiger partial charge on any atom is 0.173 e. The first kappa shape index (κ1) is 15.3. The first-order chi connectivity index (χ1) is 10.8. The third-order valence-corrected chi connectivity index (χ3v) is 5.11. The van der Waals surface area contributed by atoms with Gasteiger partial charge in [0, 0.05) is 17.1 Å². The van der Waals surface area contributed by atoms with Crippen LogP contribution in [0.2, 0.25) is 0 Å². The molecule has 3 nitrogen and oxygen atoms in total. The van der Waals surface area contributed by atoms with Crippen LogP contribution in [0.15, 0.2) is 41.8 Å². The third kappa shape index (κ3) is 3.42. The van der Waals surface area contributed by atoms with Crippen molar-refractivity contribution in [2.75, 3.05) is 18.5 Å². The lowest BCUT2D eigenvalue weighted by Crippen LogP contribution is -2.33. The molecule has 0 spiro atoms. The van der Waals surface area contributed by atoms with E-state index in [9.17, 15) is 0 Å². The van der Waals surface area contributed by atoms with Crippen LogP contribution in [0.25, 0.3) is 0 Å². The first-order valence-electron chi connectivity index (χ1n) is 7.62. The zero-order chi connectivity index (χ0) is 15.4. The monoisotopic (exact) mass is 332 g/mol. The molecule has 3 rings (SSSR count). The van der Waals surface area contributed by atoms with Crippen molar-refractivity contribution in [3.8, 4) is 5.75 Å². The molecule has 1 N–H and O–H groups in total. The fourth-order valence-electron chi connectivity index (χ4n) is 2.78. The summed E-state index contributed by atoms with van der Waals surface area (Å²) < 4.78 is 5.46. The summed E-state index contributed by atoms with van der Waals surface area (Å²) in [7, 11) is 0. The van der Waals surface area contributed by atoms with Crippen LogP contribution in [-0.4, -0.2) is 23.2 Å². The van der Waals surface area contributed by atoms with E-state index in [1.165, 1.54) is 17.7 Å². The lowest BCUT2D eigenvalue weighted by molar-refractivity contribution is 0.340. The number of hydrogen-bond donors (Lipinski definition) is 1. The van der Waals surface area contributed by atoms with Crippen LogP contribution >= 0.6 is 23.6 Å². The molecule has 1 aromatic carbocycles. The van der Waals surface area contributed by atoms with Gasteiger partial charge in [-0.2, -0.15) is 0 Å². The molecular formula is C17H20N2OS2. The number of benzene rings is 1. The minimum absolute atomic E-state index is 0.419. The zero-order valence-electron chi connectivity index (χ0n) is 12.6. The van der Waals surface area contributed by atoms with Gasteiger partial charge in [-0.05, 0) is 67.7 Å². The maximum atomic E-state index is 5.62. The molecule has 2 aromatic rings. The summed E-state index contributed by atoms with van der Waals surface area (Å²) in [5.41, 5.74) is 1.00. The van der Waals surface area contributed by atoms with Crippen molar-refractivity contribution in [2.24, 2.45) is 0 Å².